The van der Waals surface area contributed by atoms with E-state index in [1.165, 1.54) is 6.07 Å². The summed E-state index contributed by atoms with van der Waals surface area (Å²) in [6.07, 6.45) is 0. The third kappa shape index (κ3) is 2.23. The number of hydrogen-bond donors (Lipinski definition) is 3. The molecule has 88 valence electrons. The van der Waals surface area contributed by atoms with Crippen molar-refractivity contribution in [3.05, 3.63) is 39.9 Å². The number of aromatic nitrogens is 1. The lowest BCUT2D eigenvalue weighted by molar-refractivity contribution is 0.0698. The number of aromatic amines is 1. The molecule has 0 amide bonds. The van der Waals surface area contributed by atoms with Crippen LogP contribution in [0.2, 0.25) is 10.0 Å². The number of carboxylic acids is 1. The van der Waals surface area contributed by atoms with E-state index in [2.05, 4.69) is 4.98 Å². The highest BCUT2D eigenvalue weighted by atomic mass is 35.5. The van der Waals surface area contributed by atoms with Gasteiger partial charge in [-0.05, 0) is 24.3 Å². The molecule has 1 aromatic heterocycles. The lowest BCUT2D eigenvalue weighted by Crippen LogP contribution is -1.98. The number of nitrogens with one attached hydrogen (secondary N) is 1. The van der Waals surface area contributed by atoms with E-state index < -0.39 is 5.97 Å². The largest absolute Gasteiger partial charge is 0.478 e. The fourth-order valence-corrected chi connectivity index (χ4v) is 2.01. The Bertz CT molecular complexity index is 593. The first-order valence-electron chi connectivity index (χ1n) is 4.66. The molecule has 0 aliphatic carbocycles. The number of halogens is 2. The lowest BCUT2D eigenvalue weighted by Gasteiger charge is -2.01. The molecular weight excluding hydrogens is 263 g/mol. The number of carboxylic acid groups (broad SMARTS) is 1. The number of nitrogens with two attached hydrogens (primary N) is 1. The van der Waals surface area contributed by atoms with Gasteiger partial charge in [0.25, 0.3) is 0 Å². The van der Waals surface area contributed by atoms with Gasteiger partial charge in [0.15, 0.2) is 0 Å². The quantitative estimate of drug-likeness (QED) is 0.784. The summed E-state index contributed by atoms with van der Waals surface area (Å²) in [5.41, 5.74) is 6.77. The van der Waals surface area contributed by atoms with E-state index in [1.54, 1.807) is 18.2 Å². The number of hydrogen-bond acceptors (Lipinski definition) is 2. The monoisotopic (exact) mass is 270 g/mol. The minimum Gasteiger partial charge on any atom is -0.478 e. The van der Waals surface area contributed by atoms with Crippen LogP contribution in [0.3, 0.4) is 0 Å². The molecule has 0 fully saturated rings. The van der Waals surface area contributed by atoms with Crippen LogP contribution in [0.5, 0.6) is 0 Å². The fraction of sp³-hybridized carbons (Fsp3) is 0. The van der Waals surface area contributed by atoms with E-state index >= 15 is 0 Å². The summed E-state index contributed by atoms with van der Waals surface area (Å²) in [5, 5.41) is 9.82. The molecule has 0 saturated heterocycles. The summed E-state index contributed by atoms with van der Waals surface area (Å²) in [6, 6.07) is 6.38. The number of anilines is 1. The number of nitrogen functional groups attached to an aromatic ring is 1. The Hall–Kier alpha value is -1.65. The molecule has 0 unspecified atom stereocenters. The van der Waals surface area contributed by atoms with Crippen LogP contribution >= 0.6 is 23.2 Å². The summed E-state index contributed by atoms with van der Waals surface area (Å²) < 4.78 is 0. The maximum atomic E-state index is 10.9. The third-order valence-electron chi connectivity index (χ3n) is 2.30. The van der Waals surface area contributed by atoms with Crippen molar-refractivity contribution in [3.63, 3.8) is 0 Å². The molecule has 4 nitrogen and oxygen atoms in total. The first-order valence-corrected chi connectivity index (χ1v) is 5.42. The molecule has 0 saturated carbocycles. The highest BCUT2D eigenvalue weighted by Gasteiger charge is 2.14. The smallest absolute Gasteiger partial charge is 0.339 e. The van der Waals surface area contributed by atoms with Crippen molar-refractivity contribution < 1.29 is 9.90 Å². The van der Waals surface area contributed by atoms with Crippen molar-refractivity contribution in [1.82, 2.24) is 4.98 Å². The Morgan fingerprint density at radius 1 is 1.29 bits per heavy atom. The molecule has 0 radical (unpaired) electrons. The van der Waals surface area contributed by atoms with Crippen LogP contribution in [0.25, 0.3) is 11.3 Å². The Morgan fingerprint density at radius 2 is 2.00 bits per heavy atom. The zero-order valence-corrected chi connectivity index (χ0v) is 10.0. The molecule has 6 heteroatoms. The molecular formula is C11H8Cl2N2O2. The first-order chi connectivity index (χ1) is 7.99. The zero-order chi connectivity index (χ0) is 12.6. The number of H-pyrrole nitrogens is 1. The number of carbonyl (C=O) groups is 1. The van der Waals surface area contributed by atoms with Gasteiger partial charge in [-0.2, -0.15) is 0 Å². The third-order valence-corrected chi connectivity index (χ3v) is 2.85. The number of aromatic carboxylic acids is 1. The Morgan fingerprint density at radius 3 is 2.53 bits per heavy atom. The van der Waals surface area contributed by atoms with Crippen molar-refractivity contribution in [2.24, 2.45) is 0 Å². The molecule has 0 aliphatic heterocycles. The van der Waals surface area contributed by atoms with Crippen LogP contribution in [0.4, 0.5) is 5.82 Å². The normalized spacial score (nSPS) is 10.5. The van der Waals surface area contributed by atoms with Crippen molar-refractivity contribution in [1.29, 1.82) is 0 Å². The van der Waals surface area contributed by atoms with Crippen LogP contribution in [-0.2, 0) is 0 Å². The Kier molecular flexibility index (Phi) is 3.00. The van der Waals surface area contributed by atoms with Crippen LogP contribution in [0, 0.1) is 0 Å². The van der Waals surface area contributed by atoms with Gasteiger partial charge in [0, 0.05) is 16.3 Å². The van der Waals surface area contributed by atoms with Crippen molar-refractivity contribution in [2.45, 2.75) is 0 Å². The van der Waals surface area contributed by atoms with Gasteiger partial charge in [-0.15, -0.1) is 0 Å². The molecule has 0 spiro atoms. The second-order valence-corrected chi connectivity index (χ2v) is 4.28. The first kappa shape index (κ1) is 11.8. The summed E-state index contributed by atoms with van der Waals surface area (Å²) in [4.78, 5) is 13.6. The highest BCUT2D eigenvalue weighted by Crippen LogP contribution is 2.31. The predicted molar refractivity (Wildman–Crippen MR) is 67.6 cm³/mol. The van der Waals surface area contributed by atoms with Crippen LogP contribution < -0.4 is 5.73 Å². The van der Waals surface area contributed by atoms with Crippen molar-refractivity contribution in [3.8, 4) is 11.3 Å². The SMILES string of the molecule is Nc1[nH]c(-c2ccc(Cl)cc2Cl)cc1C(=O)O. The molecule has 4 N–H and O–H groups in total. The maximum Gasteiger partial charge on any atom is 0.339 e. The van der Waals surface area contributed by atoms with E-state index in [0.29, 0.717) is 21.3 Å². The topological polar surface area (TPSA) is 79.1 Å². The van der Waals surface area contributed by atoms with Gasteiger partial charge in [0.1, 0.15) is 11.4 Å². The molecule has 1 aromatic carbocycles. The zero-order valence-electron chi connectivity index (χ0n) is 8.50. The molecule has 2 aromatic rings. The van der Waals surface area contributed by atoms with Crippen LogP contribution in [0.15, 0.2) is 24.3 Å². The molecule has 0 atom stereocenters. The van der Waals surface area contributed by atoms with Gasteiger partial charge in [0.2, 0.25) is 0 Å². The molecule has 0 aliphatic rings. The van der Waals surface area contributed by atoms with Crippen LogP contribution in [-0.4, -0.2) is 16.1 Å². The minimum atomic E-state index is -1.09. The average Bonchev–Trinajstić information content (AvgIpc) is 2.60. The standard InChI is InChI=1S/C11H8Cl2N2O2/c12-5-1-2-6(8(13)3-5)9-4-7(11(16)17)10(14)15-9/h1-4,15H,14H2,(H,16,17). The maximum absolute atomic E-state index is 10.9. The lowest BCUT2D eigenvalue weighted by atomic mass is 10.1. The summed E-state index contributed by atoms with van der Waals surface area (Å²) >= 11 is 11.8. The number of rotatable bonds is 2. The second-order valence-electron chi connectivity index (χ2n) is 3.44. The van der Waals surface area contributed by atoms with Gasteiger partial charge >= 0.3 is 5.97 Å². The minimum absolute atomic E-state index is 0.0195. The van der Waals surface area contributed by atoms with Crippen molar-refractivity contribution in [2.75, 3.05) is 5.73 Å². The molecule has 2 rings (SSSR count). The summed E-state index contributed by atoms with van der Waals surface area (Å²) in [5.74, 6) is -0.992. The van der Waals surface area contributed by atoms with Crippen molar-refractivity contribution >= 4 is 35.0 Å². The van der Waals surface area contributed by atoms with E-state index in [1.807, 2.05) is 0 Å². The molecule has 17 heavy (non-hydrogen) atoms. The number of benzene rings is 1. The van der Waals surface area contributed by atoms with Gasteiger partial charge in [-0.1, -0.05) is 23.2 Å². The van der Waals surface area contributed by atoms with Gasteiger partial charge in [0.05, 0.1) is 5.02 Å². The van der Waals surface area contributed by atoms with Gasteiger partial charge < -0.3 is 15.8 Å². The Balaban J connectivity index is 2.53. The van der Waals surface area contributed by atoms with E-state index in [9.17, 15) is 4.79 Å². The highest BCUT2D eigenvalue weighted by molar-refractivity contribution is 6.36. The van der Waals surface area contributed by atoms with Gasteiger partial charge in [-0.25, -0.2) is 4.79 Å². The summed E-state index contributed by atoms with van der Waals surface area (Å²) in [6.45, 7) is 0. The molecule has 1 heterocycles. The van der Waals surface area contributed by atoms with E-state index in [0.717, 1.165) is 0 Å². The van der Waals surface area contributed by atoms with E-state index in [-0.39, 0.29) is 11.4 Å². The predicted octanol–water partition coefficient (Wildman–Crippen LogP) is 3.27. The Labute approximate surface area is 107 Å². The second kappa shape index (κ2) is 4.31. The molecule has 0 bridgehead atoms. The van der Waals surface area contributed by atoms with E-state index in [4.69, 9.17) is 34.0 Å². The van der Waals surface area contributed by atoms with Crippen LogP contribution in [0.1, 0.15) is 10.4 Å². The summed E-state index contributed by atoms with van der Waals surface area (Å²) in [7, 11) is 0. The fourth-order valence-electron chi connectivity index (χ4n) is 1.50. The van der Waals surface area contributed by atoms with Gasteiger partial charge in [-0.3, -0.25) is 0 Å². The average molecular weight is 271 g/mol.